The number of rotatable bonds is 3. The second kappa shape index (κ2) is 8.65. The maximum absolute atomic E-state index is 6.12. The highest BCUT2D eigenvalue weighted by Gasteiger charge is 2.33. The van der Waals surface area contributed by atoms with E-state index >= 15 is 0 Å². The fourth-order valence-corrected chi connectivity index (χ4v) is 2.94. The van der Waals surface area contributed by atoms with Gasteiger partial charge in [0.2, 0.25) is 0 Å². The zero-order chi connectivity index (χ0) is 15.5. The Kier molecular flexibility index (Phi) is 7.84. The van der Waals surface area contributed by atoms with Gasteiger partial charge in [-0.3, -0.25) is 9.89 Å². The lowest BCUT2D eigenvalue weighted by Crippen LogP contribution is -2.56. The number of hydrogen-bond donors (Lipinski definition) is 1. The van der Waals surface area contributed by atoms with Crippen molar-refractivity contribution in [1.29, 1.82) is 0 Å². The summed E-state index contributed by atoms with van der Waals surface area (Å²) in [6, 6.07) is 0. The molecule has 2 unspecified atom stereocenters. The number of aliphatic imine (C=N–C) groups is 1. The molecule has 2 fully saturated rings. The average Bonchev–Trinajstić information content (AvgIpc) is 2.45. The van der Waals surface area contributed by atoms with Gasteiger partial charge in [-0.1, -0.05) is 0 Å². The molecule has 2 aliphatic rings. The Morgan fingerprint density at radius 3 is 2.27 bits per heavy atom. The van der Waals surface area contributed by atoms with Crippen LogP contribution in [0, 0.1) is 0 Å². The maximum atomic E-state index is 6.12. The van der Waals surface area contributed by atoms with Gasteiger partial charge in [0.15, 0.2) is 5.96 Å². The first-order valence-electron chi connectivity index (χ1n) is 7.91. The van der Waals surface area contributed by atoms with Crippen molar-refractivity contribution in [2.24, 2.45) is 10.7 Å². The molecule has 0 radical (unpaired) electrons. The van der Waals surface area contributed by atoms with E-state index in [1.165, 1.54) is 0 Å². The van der Waals surface area contributed by atoms with Crippen molar-refractivity contribution >= 4 is 29.9 Å². The van der Waals surface area contributed by atoms with Crippen LogP contribution in [0.4, 0.5) is 0 Å². The third-order valence-corrected chi connectivity index (χ3v) is 4.24. The molecule has 0 aromatic carbocycles. The average molecular weight is 426 g/mol. The highest BCUT2D eigenvalue weighted by atomic mass is 127. The molecule has 22 heavy (non-hydrogen) atoms. The van der Waals surface area contributed by atoms with Crippen LogP contribution in [0.2, 0.25) is 0 Å². The van der Waals surface area contributed by atoms with Crippen molar-refractivity contribution in [1.82, 2.24) is 9.80 Å². The first-order valence-corrected chi connectivity index (χ1v) is 7.91. The number of nitrogens with two attached hydrogens (primary N) is 1. The van der Waals surface area contributed by atoms with Gasteiger partial charge in [0.05, 0.1) is 32.0 Å². The predicted molar refractivity (Wildman–Crippen MR) is 100.0 cm³/mol. The molecule has 2 heterocycles. The van der Waals surface area contributed by atoms with Gasteiger partial charge in [-0.25, -0.2) is 0 Å². The van der Waals surface area contributed by atoms with Gasteiger partial charge in [0.1, 0.15) is 0 Å². The fourth-order valence-electron chi connectivity index (χ4n) is 2.94. The SMILES string of the molecule is CC1CN(C(C)(C)CN=C(N)N2CCOCC2)CC(C)O1.I. The third-order valence-electron chi connectivity index (χ3n) is 4.24. The monoisotopic (exact) mass is 426 g/mol. The van der Waals surface area contributed by atoms with E-state index in [9.17, 15) is 0 Å². The van der Waals surface area contributed by atoms with Crippen LogP contribution in [0.5, 0.6) is 0 Å². The van der Waals surface area contributed by atoms with E-state index in [1.54, 1.807) is 0 Å². The van der Waals surface area contributed by atoms with Crippen LogP contribution >= 0.6 is 24.0 Å². The largest absolute Gasteiger partial charge is 0.378 e. The summed E-state index contributed by atoms with van der Waals surface area (Å²) >= 11 is 0. The zero-order valence-corrected chi connectivity index (χ0v) is 16.6. The van der Waals surface area contributed by atoms with Crippen molar-refractivity contribution in [2.45, 2.75) is 45.4 Å². The summed E-state index contributed by atoms with van der Waals surface area (Å²) in [5.74, 6) is 0.640. The van der Waals surface area contributed by atoms with Crippen LogP contribution in [0.25, 0.3) is 0 Å². The minimum atomic E-state index is -0.0107. The second-order valence-electron chi connectivity index (χ2n) is 6.75. The summed E-state index contributed by atoms with van der Waals surface area (Å²) in [5, 5.41) is 0. The van der Waals surface area contributed by atoms with E-state index in [0.29, 0.717) is 12.5 Å². The van der Waals surface area contributed by atoms with E-state index < -0.39 is 0 Å². The number of morpholine rings is 2. The molecule has 0 amide bonds. The van der Waals surface area contributed by atoms with E-state index in [-0.39, 0.29) is 41.7 Å². The van der Waals surface area contributed by atoms with Crippen molar-refractivity contribution in [3.63, 3.8) is 0 Å². The first-order chi connectivity index (χ1) is 9.88. The van der Waals surface area contributed by atoms with Gasteiger partial charge >= 0.3 is 0 Å². The van der Waals surface area contributed by atoms with Crippen molar-refractivity contribution in [3.05, 3.63) is 0 Å². The highest BCUT2D eigenvalue weighted by molar-refractivity contribution is 14.0. The maximum Gasteiger partial charge on any atom is 0.191 e. The Morgan fingerprint density at radius 2 is 1.73 bits per heavy atom. The smallest absolute Gasteiger partial charge is 0.191 e. The summed E-state index contributed by atoms with van der Waals surface area (Å²) in [6.07, 6.45) is 0.544. The minimum Gasteiger partial charge on any atom is -0.378 e. The van der Waals surface area contributed by atoms with Crippen LogP contribution in [-0.4, -0.2) is 79.4 Å². The van der Waals surface area contributed by atoms with Crippen LogP contribution in [0.1, 0.15) is 27.7 Å². The van der Waals surface area contributed by atoms with Crippen LogP contribution in [-0.2, 0) is 9.47 Å². The highest BCUT2D eigenvalue weighted by Crippen LogP contribution is 2.21. The Balaban J connectivity index is 0.00000242. The van der Waals surface area contributed by atoms with Gasteiger partial charge in [-0.2, -0.15) is 0 Å². The van der Waals surface area contributed by atoms with E-state index in [4.69, 9.17) is 15.2 Å². The summed E-state index contributed by atoms with van der Waals surface area (Å²) in [7, 11) is 0. The third kappa shape index (κ3) is 5.50. The lowest BCUT2D eigenvalue weighted by molar-refractivity contribution is -0.0939. The van der Waals surface area contributed by atoms with Crippen LogP contribution in [0.3, 0.4) is 0 Å². The van der Waals surface area contributed by atoms with Gasteiger partial charge in [0.25, 0.3) is 0 Å². The molecule has 0 aliphatic carbocycles. The van der Waals surface area contributed by atoms with Gasteiger partial charge in [-0.05, 0) is 27.7 Å². The molecule has 2 aliphatic heterocycles. The quantitative estimate of drug-likeness (QED) is 0.417. The second-order valence-corrected chi connectivity index (χ2v) is 6.75. The van der Waals surface area contributed by atoms with E-state index in [2.05, 4.69) is 42.5 Å². The standard InChI is InChI=1S/C15H30N4O2.HI/c1-12-9-19(10-13(2)21-12)15(3,4)11-17-14(16)18-5-7-20-8-6-18;/h12-13H,5-11H2,1-4H3,(H2,16,17);1H. The fraction of sp³-hybridized carbons (Fsp3) is 0.933. The van der Waals surface area contributed by atoms with Crippen molar-refractivity contribution in [3.8, 4) is 0 Å². The van der Waals surface area contributed by atoms with Crippen LogP contribution in [0.15, 0.2) is 4.99 Å². The molecule has 2 rings (SSSR count). The molecule has 0 aromatic heterocycles. The van der Waals surface area contributed by atoms with E-state index in [0.717, 1.165) is 39.4 Å². The number of nitrogens with zero attached hydrogens (tertiary/aromatic N) is 3. The minimum absolute atomic E-state index is 0. The topological polar surface area (TPSA) is 63.3 Å². The summed E-state index contributed by atoms with van der Waals surface area (Å²) in [5.41, 5.74) is 6.11. The first kappa shape index (κ1) is 19.9. The predicted octanol–water partition coefficient (Wildman–Crippen LogP) is 1.14. The molecule has 2 N–H and O–H groups in total. The van der Waals surface area contributed by atoms with Crippen molar-refractivity contribution in [2.75, 3.05) is 45.9 Å². The molecule has 0 bridgehead atoms. The van der Waals surface area contributed by atoms with Gasteiger partial charge < -0.3 is 20.1 Å². The Morgan fingerprint density at radius 1 is 1.18 bits per heavy atom. The van der Waals surface area contributed by atoms with Gasteiger partial charge in [-0.15, -0.1) is 24.0 Å². The van der Waals surface area contributed by atoms with E-state index in [1.807, 2.05) is 0 Å². The van der Waals surface area contributed by atoms with Crippen molar-refractivity contribution < 1.29 is 9.47 Å². The number of guanidine groups is 1. The Labute approximate surface area is 151 Å². The molecule has 0 aromatic rings. The normalized spacial score (nSPS) is 28.4. The molecule has 7 heteroatoms. The molecule has 2 saturated heterocycles. The lowest BCUT2D eigenvalue weighted by atomic mass is 10.0. The molecular weight excluding hydrogens is 395 g/mol. The summed E-state index contributed by atoms with van der Waals surface area (Å²) in [4.78, 5) is 9.19. The molecule has 6 nitrogen and oxygen atoms in total. The molecule has 130 valence electrons. The molecule has 0 spiro atoms. The molecule has 2 atom stereocenters. The number of ether oxygens (including phenoxy) is 2. The zero-order valence-electron chi connectivity index (χ0n) is 14.2. The molecule has 0 saturated carbocycles. The summed E-state index contributed by atoms with van der Waals surface area (Å²) in [6.45, 7) is 14.5. The number of halogens is 1. The lowest BCUT2D eigenvalue weighted by Gasteiger charge is -2.44. The molecular formula is C15H31IN4O2. The van der Waals surface area contributed by atoms with Gasteiger partial charge in [0, 0.05) is 31.7 Å². The Bertz CT molecular complexity index is 363. The summed E-state index contributed by atoms with van der Waals surface area (Å²) < 4.78 is 11.1. The number of hydrogen-bond acceptors (Lipinski definition) is 4. The Hall–Kier alpha value is -0.120. The van der Waals surface area contributed by atoms with Crippen LogP contribution < -0.4 is 5.73 Å².